The van der Waals surface area contributed by atoms with Crippen LogP contribution in [0.2, 0.25) is 0 Å². The Balaban J connectivity index is 1.41. The van der Waals surface area contributed by atoms with Crippen LogP contribution in [0.1, 0.15) is 60.8 Å². The highest BCUT2D eigenvalue weighted by Crippen LogP contribution is 2.40. The van der Waals surface area contributed by atoms with Gasteiger partial charge in [-0.2, -0.15) is 0 Å². The van der Waals surface area contributed by atoms with E-state index in [0.717, 1.165) is 35.0 Å². The highest BCUT2D eigenvalue weighted by atomic mass is 16.5. The van der Waals surface area contributed by atoms with E-state index in [2.05, 4.69) is 63.5 Å². The number of likely N-dealkylation sites (N-methyl/N-ethyl adjacent to an activating group) is 1. The number of ether oxygens (including phenoxy) is 1. The summed E-state index contributed by atoms with van der Waals surface area (Å²) in [5.41, 5.74) is 2.57. The second-order valence-electron chi connectivity index (χ2n) is 9.93. The average molecular weight is 434 g/mol. The second-order valence-corrected chi connectivity index (χ2v) is 9.93. The number of quaternary nitrogens is 1. The van der Waals surface area contributed by atoms with Crippen molar-refractivity contribution < 1.29 is 13.6 Å². The lowest BCUT2D eigenvalue weighted by atomic mass is 9.77. The average Bonchev–Trinajstić information content (AvgIpc) is 3.24. The smallest absolute Gasteiger partial charge is 0.202 e. The van der Waals surface area contributed by atoms with Crippen LogP contribution in [-0.4, -0.2) is 36.7 Å². The van der Waals surface area contributed by atoms with Crippen LogP contribution < -0.4 is 4.74 Å². The van der Waals surface area contributed by atoms with Crippen molar-refractivity contribution in [1.82, 2.24) is 4.98 Å². The van der Waals surface area contributed by atoms with E-state index < -0.39 is 0 Å². The highest BCUT2D eigenvalue weighted by molar-refractivity contribution is 5.27. The number of nitrogens with zero attached hydrogens (tertiary/aromatic N) is 2. The summed E-state index contributed by atoms with van der Waals surface area (Å²) in [6.45, 7) is 4.46. The third-order valence-corrected chi connectivity index (χ3v) is 6.69. The molecule has 0 N–H and O–H groups in total. The number of aryl methyl sites for hydroxylation is 1. The van der Waals surface area contributed by atoms with Gasteiger partial charge >= 0.3 is 0 Å². The number of benzene rings is 2. The maximum atomic E-state index is 6.40. The molecule has 32 heavy (non-hydrogen) atoms. The van der Waals surface area contributed by atoms with Crippen molar-refractivity contribution in [2.24, 2.45) is 5.92 Å². The topological polar surface area (TPSA) is 35.3 Å². The van der Waals surface area contributed by atoms with Gasteiger partial charge in [0.05, 0.1) is 26.2 Å². The number of oxazole rings is 1. The van der Waals surface area contributed by atoms with Gasteiger partial charge in [-0.05, 0) is 43.4 Å². The van der Waals surface area contributed by atoms with E-state index in [0.29, 0.717) is 12.5 Å². The third-order valence-electron chi connectivity index (χ3n) is 6.69. The molecule has 4 nitrogen and oxygen atoms in total. The molecule has 1 saturated carbocycles. The van der Waals surface area contributed by atoms with Crippen LogP contribution in [-0.2, 0) is 6.54 Å². The number of hydrogen-bond donors (Lipinski definition) is 0. The van der Waals surface area contributed by atoms with Crippen molar-refractivity contribution in [3.8, 4) is 5.75 Å². The van der Waals surface area contributed by atoms with Gasteiger partial charge in [-0.1, -0.05) is 67.3 Å². The van der Waals surface area contributed by atoms with E-state index in [1.165, 1.54) is 43.2 Å². The molecule has 1 unspecified atom stereocenters. The molecule has 1 aliphatic carbocycles. The molecule has 0 spiro atoms. The standard InChI is InChI=1S/C28H37N2O2/c1-22-14-16-25(17-15-22)31-19-18-30(2,3)21-26-20-29-28(32-26)27(23-10-6-4-7-11-23)24-12-8-5-9-13-24/h4,6-7,10-11,14-17,20,24,27H,5,8-9,12-13,18-19,21H2,1-3H3/q+1. The van der Waals surface area contributed by atoms with E-state index in [4.69, 9.17) is 14.1 Å². The molecule has 1 aromatic heterocycles. The normalized spacial score (nSPS) is 16.1. The summed E-state index contributed by atoms with van der Waals surface area (Å²) in [6, 6.07) is 19.0. The fraction of sp³-hybridized carbons (Fsp3) is 0.464. The van der Waals surface area contributed by atoms with Crippen LogP contribution in [0.5, 0.6) is 5.75 Å². The van der Waals surface area contributed by atoms with Crippen molar-refractivity contribution in [3.63, 3.8) is 0 Å². The maximum Gasteiger partial charge on any atom is 0.202 e. The van der Waals surface area contributed by atoms with Gasteiger partial charge in [-0.15, -0.1) is 0 Å². The van der Waals surface area contributed by atoms with Crippen molar-refractivity contribution >= 4 is 0 Å². The Labute approximate surface area is 192 Å². The third kappa shape index (κ3) is 6.01. The van der Waals surface area contributed by atoms with E-state index in [1.807, 2.05) is 18.3 Å². The Morgan fingerprint density at radius 1 is 1.00 bits per heavy atom. The first-order valence-electron chi connectivity index (χ1n) is 12.0. The summed E-state index contributed by atoms with van der Waals surface area (Å²) in [4.78, 5) is 4.78. The lowest BCUT2D eigenvalue weighted by Crippen LogP contribution is -2.41. The van der Waals surface area contributed by atoms with Gasteiger partial charge in [0, 0.05) is 0 Å². The van der Waals surface area contributed by atoms with Crippen LogP contribution >= 0.6 is 0 Å². The number of hydrogen-bond acceptors (Lipinski definition) is 3. The van der Waals surface area contributed by atoms with Crippen LogP contribution in [0.15, 0.2) is 65.2 Å². The van der Waals surface area contributed by atoms with Crippen LogP contribution in [0.4, 0.5) is 0 Å². The summed E-state index contributed by atoms with van der Waals surface area (Å²) in [6.07, 6.45) is 8.43. The van der Waals surface area contributed by atoms with Crippen molar-refractivity contribution in [2.75, 3.05) is 27.2 Å². The minimum absolute atomic E-state index is 0.255. The molecular formula is C28H37N2O2+. The molecule has 1 fully saturated rings. The van der Waals surface area contributed by atoms with Crippen molar-refractivity contribution in [2.45, 2.75) is 51.5 Å². The van der Waals surface area contributed by atoms with Crippen molar-refractivity contribution in [3.05, 3.63) is 83.6 Å². The van der Waals surface area contributed by atoms with Gasteiger partial charge < -0.3 is 13.6 Å². The lowest BCUT2D eigenvalue weighted by Gasteiger charge is -2.29. The predicted octanol–water partition coefficient (Wildman–Crippen LogP) is 6.35. The SMILES string of the molecule is Cc1ccc(OCC[N+](C)(C)Cc2cnc(C(c3ccccc3)C3CCCCC3)o2)cc1. The predicted molar refractivity (Wildman–Crippen MR) is 129 cm³/mol. The van der Waals surface area contributed by atoms with Gasteiger partial charge in [0.1, 0.15) is 25.4 Å². The molecule has 2 aromatic carbocycles. The van der Waals surface area contributed by atoms with Gasteiger partial charge in [0.15, 0.2) is 5.76 Å². The molecule has 1 atom stereocenters. The number of aromatic nitrogens is 1. The van der Waals surface area contributed by atoms with Crippen molar-refractivity contribution in [1.29, 1.82) is 0 Å². The molecular weight excluding hydrogens is 396 g/mol. The monoisotopic (exact) mass is 433 g/mol. The Morgan fingerprint density at radius 2 is 1.72 bits per heavy atom. The van der Waals surface area contributed by atoms with Crippen LogP contribution in [0.25, 0.3) is 0 Å². The summed E-state index contributed by atoms with van der Waals surface area (Å²) in [5, 5.41) is 0. The zero-order valence-corrected chi connectivity index (χ0v) is 19.8. The van der Waals surface area contributed by atoms with E-state index in [1.54, 1.807) is 0 Å². The molecule has 0 saturated heterocycles. The van der Waals surface area contributed by atoms with Crippen LogP contribution in [0, 0.1) is 12.8 Å². The summed E-state index contributed by atoms with van der Waals surface area (Å²) in [5.74, 6) is 3.63. The summed E-state index contributed by atoms with van der Waals surface area (Å²) < 4.78 is 13.1. The Kier molecular flexibility index (Phi) is 7.31. The van der Waals surface area contributed by atoms with Gasteiger partial charge in [0.25, 0.3) is 0 Å². The minimum Gasteiger partial charge on any atom is -0.488 e. The molecule has 4 rings (SSSR count). The van der Waals surface area contributed by atoms with Crippen LogP contribution in [0.3, 0.4) is 0 Å². The zero-order valence-electron chi connectivity index (χ0n) is 19.8. The summed E-state index contributed by atoms with van der Waals surface area (Å²) >= 11 is 0. The Morgan fingerprint density at radius 3 is 2.44 bits per heavy atom. The molecule has 170 valence electrons. The summed E-state index contributed by atoms with van der Waals surface area (Å²) in [7, 11) is 4.44. The first-order chi connectivity index (χ1) is 15.5. The van der Waals surface area contributed by atoms with Gasteiger partial charge in [0.2, 0.25) is 5.89 Å². The minimum atomic E-state index is 0.255. The Bertz CT molecular complexity index is 957. The first kappa shape index (κ1) is 22.6. The molecule has 1 heterocycles. The quantitative estimate of drug-likeness (QED) is 0.369. The molecule has 4 heteroatoms. The number of rotatable bonds is 9. The molecule has 0 radical (unpaired) electrons. The molecule has 1 aliphatic rings. The van der Waals surface area contributed by atoms with Gasteiger partial charge in [-0.3, -0.25) is 0 Å². The highest BCUT2D eigenvalue weighted by Gasteiger charge is 2.31. The van der Waals surface area contributed by atoms with Gasteiger partial charge in [-0.25, -0.2) is 4.98 Å². The molecule has 0 amide bonds. The maximum absolute atomic E-state index is 6.40. The van der Waals surface area contributed by atoms with E-state index >= 15 is 0 Å². The second kappa shape index (κ2) is 10.4. The molecule has 0 bridgehead atoms. The fourth-order valence-corrected chi connectivity index (χ4v) is 4.83. The fourth-order valence-electron chi connectivity index (χ4n) is 4.83. The molecule has 3 aromatic rings. The zero-order chi connectivity index (χ0) is 22.4. The molecule has 0 aliphatic heterocycles. The van der Waals surface area contributed by atoms with E-state index in [-0.39, 0.29) is 5.92 Å². The Hall–Kier alpha value is -2.59. The first-order valence-corrected chi connectivity index (χ1v) is 12.0. The van der Waals surface area contributed by atoms with E-state index in [9.17, 15) is 0 Å². The lowest BCUT2D eigenvalue weighted by molar-refractivity contribution is -0.904. The largest absolute Gasteiger partial charge is 0.488 e.